The van der Waals surface area contributed by atoms with Crippen molar-refractivity contribution >= 4 is 27.7 Å². The number of halogens is 1. The van der Waals surface area contributed by atoms with Crippen molar-refractivity contribution < 1.29 is 24.2 Å². The van der Waals surface area contributed by atoms with E-state index in [4.69, 9.17) is 9.47 Å². The van der Waals surface area contributed by atoms with Crippen molar-refractivity contribution in [3.63, 3.8) is 0 Å². The predicted molar refractivity (Wildman–Crippen MR) is 134 cm³/mol. The summed E-state index contributed by atoms with van der Waals surface area (Å²) in [4.78, 5) is 25.2. The van der Waals surface area contributed by atoms with Gasteiger partial charge >= 0.3 is 5.97 Å². The Balaban J connectivity index is 1.69. The molecule has 180 valence electrons. The predicted octanol–water partition coefficient (Wildman–Crippen LogP) is 5.66. The van der Waals surface area contributed by atoms with E-state index in [1.54, 1.807) is 14.2 Å². The number of benzene rings is 2. The lowest BCUT2D eigenvalue weighted by Crippen LogP contribution is -2.54. The maximum Gasteiger partial charge on any atom is 0.326 e. The van der Waals surface area contributed by atoms with E-state index in [1.807, 2.05) is 49.4 Å². The highest BCUT2D eigenvalue weighted by Crippen LogP contribution is 2.53. The number of rotatable bonds is 8. The maximum atomic E-state index is 12.8. The average molecular weight is 528 g/mol. The number of methoxy groups -OCH3 is 2. The molecule has 1 fully saturated rings. The summed E-state index contributed by atoms with van der Waals surface area (Å²) < 4.78 is 11.9. The number of hydrogen-bond acceptors (Lipinski definition) is 5. The van der Waals surface area contributed by atoms with Crippen LogP contribution in [0.3, 0.4) is 0 Å². The van der Waals surface area contributed by atoms with Gasteiger partial charge in [-0.1, -0.05) is 56.5 Å². The number of Topliss-reactive ketones (excluding diaryl/α,β-unsaturated/α-hetero) is 1. The first kappa shape index (κ1) is 24.3. The van der Waals surface area contributed by atoms with Gasteiger partial charge < -0.3 is 19.9 Å². The molecule has 7 heteroatoms. The molecule has 6 nitrogen and oxygen atoms in total. The number of hydrogen-bond donors (Lipinski definition) is 2. The second-order valence-corrected chi connectivity index (χ2v) is 9.87. The highest BCUT2D eigenvalue weighted by Gasteiger charge is 2.54. The highest BCUT2D eigenvalue weighted by molar-refractivity contribution is 9.12. The number of carbonyl (C=O) groups is 2. The van der Waals surface area contributed by atoms with Crippen LogP contribution in [0.4, 0.5) is 0 Å². The highest BCUT2D eigenvalue weighted by atomic mass is 79.9. The van der Waals surface area contributed by atoms with Crippen LogP contribution in [0.15, 0.2) is 52.6 Å². The number of ether oxygens (including phenoxy) is 2. The lowest BCUT2D eigenvalue weighted by Gasteiger charge is -2.46. The minimum atomic E-state index is -0.976. The van der Waals surface area contributed by atoms with Crippen LogP contribution in [-0.4, -0.2) is 37.1 Å². The molecule has 0 aliphatic heterocycles. The largest absolute Gasteiger partial charge is 0.496 e. The van der Waals surface area contributed by atoms with Crippen LogP contribution in [0.5, 0.6) is 11.5 Å². The van der Waals surface area contributed by atoms with Gasteiger partial charge in [-0.3, -0.25) is 4.79 Å². The van der Waals surface area contributed by atoms with E-state index in [1.165, 1.54) is 0 Å². The number of ketones is 1. The summed E-state index contributed by atoms with van der Waals surface area (Å²) in [5.41, 5.74) is 2.70. The van der Waals surface area contributed by atoms with Gasteiger partial charge in [0.2, 0.25) is 0 Å². The monoisotopic (exact) mass is 527 g/mol. The lowest BCUT2D eigenvalue weighted by atomic mass is 9.62. The number of carbonyl (C=O) groups excluding carboxylic acids is 1. The first-order chi connectivity index (χ1) is 16.3. The number of nitrogens with one attached hydrogen (secondary N) is 1. The van der Waals surface area contributed by atoms with E-state index >= 15 is 0 Å². The van der Waals surface area contributed by atoms with Crippen LogP contribution in [0.25, 0.3) is 11.1 Å². The zero-order valence-electron chi connectivity index (χ0n) is 19.7. The van der Waals surface area contributed by atoms with Crippen molar-refractivity contribution in [3.8, 4) is 22.6 Å². The van der Waals surface area contributed by atoms with Gasteiger partial charge in [-0.2, -0.15) is 0 Å². The van der Waals surface area contributed by atoms with E-state index in [2.05, 4.69) is 21.2 Å². The zero-order chi connectivity index (χ0) is 24.5. The molecular formula is C27H30BrNO5. The van der Waals surface area contributed by atoms with Crippen LogP contribution >= 0.6 is 15.9 Å². The third-order valence-corrected chi connectivity index (χ3v) is 7.98. The van der Waals surface area contributed by atoms with Gasteiger partial charge in [-0.15, -0.1) is 0 Å². The molecule has 1 spiro atoms. The van der Waals surface area contributed by atoms with Gasteiger partial charge in [-0.25, -0.2) is 4.79 Å². The second-order valence-electron chi connectivity index (χ2n) is 9.08. The Labute approximate surface area is 208 Å². The average Bonchev–Trinajstić information content (AvgIpc) is 2.88. The van der Waals surface area contributed by atoms with Gasteiger partial charge in [0.15, 0.2) is 5.78 Å². The summed E-state index contributed by atoms with van der Waals surface area (Å²) >= 11 is 3.40. The van der Waals surface area contributed by atoms with Crippen molar-refractivity contribution in [2.45, 2.75) is 51.0 Å². The topological polar surface area (TPSA) is 84.9 Å². The molecular weight excluding hydrogens is 498 g/mol. The van der Waals surface area contributed by atoms with Crippen molar-refractivity contribution in [1.82, 2.24) is 5.32 Å². The summed E-state index contributed by atoms with van der Waals surface area (Å²) in [6.45, 7) is 1.87. The van der Waals surface area contributed by atoms with Crippen LogP contribution in [0.1, 0.15) is 50.5 Å². The van der Waals surface area contributed by atoms with Gasteiger partial charge in [0, 0.05) is 11.6 Å². The minimum absolute atomic E-state index is 0.0852. The molecule has 1 saturated carbocycles. The lowest BCUT2D eigenvalue weighted by molar-refractivity contribution is -0.140. The van der Waals surface area contributed by atoms with E-state index in [9.17, 15) is 14.7 Å². The normalized spacial score (nSPS) is 18.8. The minimum Gasteiger partial charge on any atom is -0.496 e. The Hall–Kier alpha value is -2.80. The van der Waals surface area contributed by atoms with Crippen LogP contribution in [-0.2, 0) is 9.59 Å². The van der Waals surface area contributed by atoms with Crippen molar-refractivity contribution in [3.05, 3.63) is 58.2 Å². The molecule has 0 amide bonds. The first-order valence-corrected chi connectivity index (χ1v) is 12.4. The molecule has 2 atom stereocenters. The van der Waals surface area contributed by atoms with Gasteiger partial charge in [0.25, 0.3) is 0 Å². The molecule has 2 aromatic rings. The Kier molecular flexibility index (Phi) is 7.03. The Morgan fingerprint density at radius 3 is 2.18 bits per heavy atom. The molecule has 2 aromatic carbocycles. The van der Waals surface area contributed by atoms with Crippen LogP contribution in [0.2, 0.25) is 0 Å². The molecule has 2 aliphatic carbocycles. The van der Waals surface area contributed by atoms with E-state index in [-0.39, 0.29) is 5.78 Å². The molecule has 0 radical (unpaired) electrons. The number of aliphatic carboxylic acids is 1. The van der Waals surface area contributed by atoms with E-state index in [0.717, 1.165) is 54.5 Å². The summed E-state index contributed by atoms with van der Waals surface area (Å²) in [6.07, 6.45) is 4.57. The van der Waals surface area contributed by atoms with Crippen molar-refractivity contribution in [2.24, 2.45) is 5.41 Å². The standard InChI is InChI=1S/C27H30BrNO5/c1-16(18-14-19(33-2)21(20(15-18)34-3)17-10-6-4-7-11-17)23(26(31)32)29-24-22(28)25(30)27(24)12-8-5-9-13-27/h4,6-7,10-11,14-16,23,29H,5,8-9,12-13H2,1-3H3,(H,31,32)/t16?,23-/m0/s1. The summed E-state index contributed by atoms with van der Waals surface area (Å²) in [5.74, 6) is -0.0917. The number of carboxylic acid groups (broad SMARTS) is 1. The second kappa shape index (κ2) is 9.82. The number of allylic oxidation sites excluding steroid dienone is 2. The molecule has 0 heterocycles. The fourth-order valence-electron chi connectivity index (χ4n) is 5.25. The van der Waals surface area contributed by atoms with Crippen molar-refractivity contribution in [2.75, 3.05) is 14.2 Å². The first-order valence-electron chi connectivity index (χ1n) is 11.6. The Bertz CT molecular complexity index is 1100. The molecule has 2 N–H and O–H groups in total. The summed E-state index contributed by atoms with van der Waals surface area (Å²) in [7, 11) is 3.19. The summed E-state index contributed by atoms with van der Waals surface area (Å²) in [5, 5.41) is 13.4. The third-order valence-electron chi connectivity index (χ3n) is 7.22. The molecule has 0 aromatic heterocycles. The Morgan fingerprint density at radius 1 is 1.06 bits per heavy atom. The zero-order valence-corrected chi connectivity index (χ0v) is 21.3. The number of carboxylic acids is 1. The van der Waals surface area contributed by atoms with Gasteiger partial charge in [-0.05, 0) is 52.0 Å². The molecule has 0 saturated heterocycles. The van der Waals surface area contributed by atoms with Crippen molar-refractivity contribution in [1.29, 1.82) is 0 Å². The third kappa shape index (κ3) is 4.11. The molecule has 4 rings (SSSR count). The molecule has 0 bridgehead atoms. The molecule has 1 unspecified atom stereocenters. The maximum absolute atomic E-state index is 12.8. The molecule has 2 aliphatic rings. The summed E-state index contributed by atoms with van der Waals surface area (Å²) in [6, 6.07) is 12.6. The van der Waals surface area contributed by atoms with Crippen LogP contribution < -0.4 is 14.8 Å². The Morgan fingerprint density at radius 2 is 1.65 bits per heavy atom. The van der Waals surface area contributed by atoms with E-state index in [0.29, 0.717) is 16.0 Å². The SMILES string of the molecule is COc1cc(C(C)[C@H](NC2=C(Br)C(=O)C23CCCCC3)C(=O)O)cc(OC)c1-c1ccccc1. The van der Waals surface area contributed by atoms with Gasteiger partial charge in [0.1, 0.15) is 17.5 Å². The smallest absolute Gasteiger partial charge is 0.326 e. The van der Waals surface area contributed by atoms with Crippen LogP contribution in [0, 0.1) is 5.41 Å². The van der Waals surface area contributed by atoms with E-state index < -0.39 is 23.3 Å². The molecule has 34 heavy (non-hydrogen) atoms. The van der Waals surface area contributed by atoms with Gasteiger partial charge in [0.05, 0.1) is 29.7 Å². The fourth-order valence-corrected chi connectivity index (χ4v) is 6.12. The quantitative estimate of drug-likeness (QED) is 0.460. The fraction of sp³-hybridized carbons (Fsp3) is 0.407.